The Labute approximate surface area is 308 Å². The van der Waals surface area contributed by atoms with Gasteiger partial charge in [-0.1, -0.05) is 36.4 Å². The molecule has 0 unspecified atom stereocenters. The zero-order valence-electron chi connectivity index (χ0n) is 29.5. The highest BCUT2D eigenvalue weighted by Gasteiger charge is 2.29. The molecule has 272 valence electrons. The van der Waals surface area contributed by atoms with Crippen molar-refractivity contribution in [3.05, 3.63) is 117 Å². The van der Waals surface area contributed by atoms with E-state index in [1.165, 1.54) is 11.3 Å². The molecule has 2 aliphatic carbocycles. The number of ether oxygens (including phenoxy) is 1. The molecule has 52 heavy (non-hydrogen) atoms. The molecule has 0 saturated heterocycles. The van der Waals surface area contributed by atoms with Gasteiger partial charge in [0.1, 0.15) is 5.00 Å². The third-order valence-corrected chi connectivity index (χ3v) is 10.7. The predicted octanol–water partition coefficient (Wildman–Crippen LogP) is 6.73. The number of anilines is 2. The van der Waals surface area contributed by atoms with Crippen molar-refractivity contribution >= 4 is 45.8 Å². The summed E-state index contributed by atoms with van der Waals surface area (Å²) < 4.78 is 5.00. The summed E-state index contributed by atoms with van der Waals surface area (Å²) in [7, 11) is 0. The van der Waals surface area contributed by atoms with Gasteiger partial charge in [-0.3, -0.25) is 19.3 Å². The maximum atomic E-state index is 13.8. The Balaban J connectivity index is 1.08. The number of nitrogens with zero attached hydrogens (tertiary/aromatic N) is 1. The van der Waals surface area contributed by atoms with Crippen LogP contribution in [-0.2, 0) is 41.8 Å². The van der Waals surface area contributed by atoms with Crippen molar-refractivity contribution in [1.29, 1.82) is 0 Å². The van der Waals surface area contributed by atoms with E-state index in [1.807, 2.05) is 54.6 Å². The van der Waals surface area contributed by atoms with Gasteiger partial charge in [-0.15, -0.1) is 11.3 Å². The zero-order valence-corrected chi connectivity index (χ0v) is 30.4. The van der Waals surface area contributed by atoms with Crippen LogP contribution in [0.5, 0.6) is 0 Å². The molecule has 1 saturated carbocycles. The van der Waals surface area contributed by atoms with Crippen LogP contribution in [0.25, 0.3) is 0 Å². The van der Waals surface area contributed by atoms with Crippen molar-refractivity contribution in [1.82, 2.24) is 10.2 Å². The standard InChI is InChI=1S/C41H46N4O6S/c1-2-51-36(46)25-42-22-23-45(33-20-21-33)26-29-6-5-7-31(24-29)38(47)44-40-37(34-8-3-4-9-35(34)52-40)39(48)43-32-18-14-28(15-19-32)11-10-27-12-16-30(17-13-27)41(49)50/h5-7,12-19,24,33,42H,2-4,8-11,20-23,25-26H2,1H3,(H,43,48)(H,44,47)(H,49,50). The number of hydrogen-bond donors (Lipinski definition) is 4. The lowest BCUT2D eigenvalue weighted by Gasteiger charge is -2.22. The van der Waals surface area contributed by atoms with Gasteiger partial charge in [0.05, 0.1) is 24.3 Å². The second-order valence-electron chi connectivity index (χ2n) is 13.4. The van der Waals surface area contributed by atoms with Gasteiger partial charge in [0.25, 0.3) is 11.8 Å². The van der Waals surface area contributed by atoms with Gasteiger partial charge in [-0.05, 0) is 117 Å². The second-order valence-corrected chi connectivity index (χ2v) is 14.5. The van der Waals surface area contributed by atoms with Gasteiger partial charge in [0.15, 0.2) is 0 Å². The van der Waals surface area contributed by atoms with E-state index in [1.54, 1.807) is 25.1 Å². The third kappa shape index (κ3) is 9.93. The number of esters is 1. The van der Waals surface area contributed by atoms with Crippen molar-refractivity contribution in [3.63, 3.8) is 0 Å². The van der Waals surface area contributed by atoms with E-state index in [-0.39, 0.29) is 29.9 Å². The molecule has 0 bridgehead atoms. The molecule has 10 nitrogen and oxygen atoms in total. The van der Waals surface area contributed by atoms with Gasteiger partial charge in [-0.25, -0.2) is 4.79 Å². The van der Waals surface area contributed by atoms with E-state index in [2.05, 4.69) is 20.9 Å². The molecule has 0 atom stereocenters. The van der Waals surface area contributed by atoms with Gasteiger partial charge in [0.2, 0.25) is 0 Å². The predicted molar refractivity (Wildman–Crippen MR) is 203 cm³/mol. The number of carboxylic acid groups (broad SMARTS) is 1. The number of carbonyl (C=O) groups excluding carboxylic acids is 3. The average molecular weight is 723 g/mol. The molecule has 0 aliphatic heterocycles. The molecule has 2 amide bonds. The van der Waals surface area contributed by atoms with Crippen LogP contribution >= 0.6 is 11.3 Å². The third-order valence-electron chi connectivity index (χ3n) is 9.53. The van der Waals surface area contributed by atoms with E-state index >= 15 is 0 Å². The van der Waals surface area contributed by atoms with E-state index in [9.17, 15) is 19.2 Å². The second kappa shape index (κ2) is 17.6. The summed E-state index contributed by atoms with van der Waals surface area (Å²) in [4.78, 5) is 53.9. The van der Waals surface area contributed by atoms with Crippen LogP contribution in [0.4, 0.5) is 10.7 Å². The van der Waals surface area contributed by atoms with Crippen LogP contribution in [0.2, 0.25) is 0 Å². The number of carboxylic acids is 1. The highest BCUT2D eigenvalue weighted by molar-refractivity contribution is 7.17. The number of hydrogen-bond acceptors (Lipinski definition) is 8. The van der Waals surface area contributed by atoms with Gasteiger partial charge < -0.3 is 25.8 Å². The Bertz CT molecular complexity index is 1880. The number of amides is 2. The highest BCUT2D eigenvalue weighted by Crippen LogP contribution is 2.39. The summed E-state index contributed by atoms with van der Waals surface area (Å²) in [5.74, 6) is -1.66. The molecule has 2 aliphatic rings. The zero-order chi connectivity index (χ0) is 36.5. The Morgan fingerprint density at radius 2 is 1.56 bits per heavy atom. The van der Waals surface area contributed by atoms with E-state index in [4.69, 9.17) is 9.84 Å². The number of nitrogens with one attached hydrogen (secondary N) is 3. The molecule has 0 spiro atoms. The molecule has 3 aromatic carbocycles. The molecular weight excluding hydrogens is 677 g/mol. The normalized spacial score (nSPS) is 13.7. The Morgan fingerprint density at radius 1 is 0.846 bits per heavy atom. The van der Waals surface area contributed by atoms with E-state index in [0.29, 0.717) is 47.6 Å². The van der Waals surface area contributed by atoms with Crippen LogP contribution < -0.4 is 16.0 Å². The minimum atomic E-state index is -0.936. The number of carbonyl (C=O) groups is 4. The fourth-order valence-electron chi connectivity index (χ4n) is 6.62. The first-order valence-electron chi connectivity index (χ1n) is 18.1. The Kier molecular flexibility index (Phi) is 12.5. The first-order valence-corrected chi connectivity index (χ1v) is 19.0. The maximum Gasteiger partial charge on any atom is 0.335 e. The summed E-state index contributed by atoms with van der Waals surface area (Å²) in [6.07, 6.45) is 7.60. The molecule has 11 heteroatoms. The molecule has 1 aromatic heterocycles. The fourth-order valence-corrected chi connectivity index (χ4v) is 7.90. The molecule has 4 N–H and O–H groups in total. The van der Waals surface area contributed by atoms with Gasteiger partial charge >= 0.3 is 11.9 Å². The number of aryl methyl sites for hydroxylation is 3. The van der Waals surface area contributed by atoms with Crippen LogP contribution in [0, 0.1) is 0 Å². The molecule has 6 rings (SSSR count). The van der Waals surface area contributed by atoms with Crippen LogP contribution in [0.1, 0.15) is 90.8 Å². The van der Waals surface area contributed by atoms with Crippen molar-refractivity contribution < 1.29 is 29.0 Å². The lowest BCUT2D eigenvalue weighted by molar-refractivity contribution is -0.142. The Morgan fingerprint density at radius 3 is 2.25 bits per heavy atom. The first kappa shape index (κ1) is 36.9. The Hall–Kier alpha value is -4.84. The minimum absolute atomic E-state index is 0.191. The van der Waals surface area contributed by atoms with E-state index < -0.39 is 5.97 Å². The van der Waals surface area contributed by atoms with Crippen molar-refractivity contribution in [2.75, 3.05) is 36.9 Å². The smallest absolute Gasteiger partial charge is 0.335 e. The van der Waals surface area contributed by atoms with E-state index in [0.717, 1.165) is 85.0 Å². The molecule has 0 radical (unpaired) electrons. The van der Waals surface area contributed by atoms with Crippen molar-refractivity contribution in [3.8, 4) is 0 Å². The molecule has 1 heterocycles. The minimum Gasteiger partial charge on any atom is -0.478 e. The summed E-state index contributed by atoms with van der Waals surface area (Å²) in [5, 5.41) is 19.0. The SMILES string of the molecule is CCOC(=O)CNCCN(Cc1cccc(C(=O)Nc2sc3c(c2C(=O)Nc2ccc(CCc4ccc(C(=O)O)cc4)cc2)CCCC3)c1)C1CC1. The topological polar surface area (TPSA) is 137 Å². The molecular formula is C41H46N4O6S. The summed E-state index contributed by atoms with van der Waals surface area (Å²) in [6, 6.07) is 22.9. The summed E-state index contributed by atoms with van der Waals surface area (Å²) in [6.45, 7) is 4.51. The number of fused-ring (bicyclic) bond motifs is 1. The van der Waals surface area contributed by atoms with Crippen LogP contribution in [0.15, 0.2) is 72.8 Å². The first-order chi connectivity index (χ1) is 25.3. The van der Waals surface area contributed by atoms with Gasteiger partial charge in [0, 0.05) is 41.8 Å². The lowest BCUT2D eigenvalue weighted by atomic mass is 9.95. The largest absolute Gasteiger partial charge is 0.478 e. The highest BCUT2D eigenvalue weighted by atomic mass is 32.1. The van der Waals surface area contributed by atoms with Crippen LogP contribution in [-0.4, -0.2) is 66.0 Å². The number of thiophene rings is 1. The maximum absolute atomic E-state index is 13.8. The monoisotopic (exact) mass is 722 g/mol. The lowest BCUT2D eigenvalue weighted by Crippen LogP contribution is -2.35. The number of rotatable bonds is 17. The molecule has 1 fully saturated rings. The van der Waals surface area contributed by atoms with Crippen molar-refractivity contribution in [2.45, 2.75) is 70.9 Å². The van der Waals surface area contributed by atoms with Gasteiger partial charge in [-0.2, -0.15) is 0 Å². The van der Waals surface area contributed by atoms with Crippen LogP contribution in [0.3, 0.4) is 0 Å². The molecule has 4 aromatic rings. The fraction of sp³-hybridized carbons (Fsp3) is 0.366. The quantitative estimate of drug-likeness (QED) is 0.0696. The number of benzene rings is 3. The summed E-state index contributed by atoms with van der Waals surface area (Å²) >= 11 is 1.50. The number of aromatic carboxylic acids is 1. The average Bonchev–Trinajstić information content (AvgIpc) is 3.93. The van der Waals surface area contributed by atoms with Crippen molar-refractivity contribution in [2.24, 2.45) is 0 Å². The summed E-state index contributed by atoms with van der Waals surface area (Å²) in [5.41, 5.74) is 6.27.